The fraction of sp³-hybridized carbons (Fsp3) is 0.462. The Hall–Kier alpha value is -2.82. The molecule has 3 aliphatic carbocycles. The molecule has 2 aromatic rings. The number of likely N-dealkylation sites (N-methyl/N-ethyl adjacent to an activating group) is 1. The first-order valence-electron chi connectivity index (χ1n) is 11.5. The maximum Gasteiger partial charge on any atom is 0.262 e. The van der Waals surface area contributed by atoms with Crippen LogP contribution in [-0.4, -0.2) is 30.4 Å². The molecule has 6 rings (SSSR count). The molecule has 0 saturated heterocycles. The van der Waals surface area contributed by atoms with E-state index in [0.29, 0.717) is 11.9 Å². The van der Waals surface area contributed by atoms with E-state index in [2.05, 4.69) is 42.5 Å². The van der Waals surface area contributed by atoms with E-state index in [9.17, 15) is 4.79 Å². The first kappa shape index (κ1) is 18.9. The van der Waals surface area contributed by atoms with Gasteiger partial charge in [0.15, 0.2) is 11.5 Å². The molecule has 2 N–H and O–H groups in total. The molecular formula is C26H29N3O2. The number of aryl methyl sites for hydroxylation is 2. The monoisotopic (exact) mass is 415 g/mol. The molecule has 4 aliphatic rings. The van der Waals surface area contributed by atoms with Crippen LogP contribution < -0.4 is 10.5 Å². The average molecular weight is 416 g/mol. The summed E-state index contributed by atoms with van der Waals surface area (Å²) in [5.74, 6) is 1.86. The minimum absolute atomic E-state index is 0.00838. The number of guanidine groups is 1. The second kappa shape index (κ2) is 6.59. The Labute approximate surface area is 183 Å². The number of benzene rings is 2. The number of carbonyl (C=O) groups excluding carboxylic acids is 1. The number of nitrogens with two attached hydrogens (primary N) is 1. The van der Waals surface area contributed by atoms with Gasteiger partial charge in [0.05, 0.1) is 6.61 Å². The lowest BCUT2D eigenvalue weighted by molar-refractivity contribution is -0.135. The predicted molar refractivity (Wildman–Crippen MR) is 120 cm³/mol. The smallest absolute Gasteiger partial charge is 0.262 e. The Morgan fingerprint density at radius 3 is 2.42 bits per heavy atom. The Morgan fingerprint density at radius 1 is 1.10 bits per heavy atom. The molecule has 0 bridgehead atoms. The second-order valence-corrected chi connectivity index (χ2v) is 9.84. The summed E-state index contributed by atoms with van der Waals surface area (Å²) in [5, 5.41) is 0. The van der Waals surface area contributed by atoms with Gasteiger partial charge in [0.1, 0.15) is 5.75 Å². The molecule has 1 unspecified atom stereocenters. The first-order chi connectivity index (χ1) is 15.0. The summed E-state index contributed by atoms with van der Waals surface area (Å²) < 4.78 is 6.09. The summed E-state index contributed by atoms with van der Waals surface area (Å²) >= 11 is 0. The molecule has 1 aliphatic heterocycles. The van der Waals surface area contributed by atoms with Crippen molar-refractivity contribution in [1.82, 2.24) is 4.90 Å². The van der Waals surface area contributed by atoms with Crippen LogP contribution >= 0.6 is 0 Å². The van der Waals surface area contributed by atoms with Gasteiger partial charge < -0.3 is 10.5 Å². The number of rotatable bonds is 3. The van der Waals surface area contributed by atoms with Crippen LogP contribution in [0.5, 0.6) is 5.75 Å². The molecule has 1 amide bonds. The van der Waals surface area contributed by atoms with E-state index in [-0.39, 0.29) is 11.3 Å². The molecule has 31 heavy (non-hydrogen) atoms. The third kappa shape index (κ3) is 2.68. The summed E-state index contributed by atoms with van der Waals surface area (Å²) in [6.07, 6.45) is 7.13. The summed E-state index contributed by atoms with van der Waals surface area (Å²) in [6, 6.07) is 15.0. The normalized spacial score (nSPS) is 26.0. The van der Waals surface area contributed by atoms with Gasteiger partial charge in [-0.1, -0.05) is 30.3 Å². The van der Waals surface area contributed by atoms with E-state index in [1.165, 1.54) is 29.5 Å². The number of amides is 1. The maximum absolute atomic E-state index is 13.8. The Bertz CT molecular complexity index is 1080. The van der Waals surface area contributed by atoms with Crippen LogP contribution in [0.15, 0.2) is 47.5 Å². The highest BCUT2D eigenvalue weighted by Gasteiger charge is 2.65. The van der Waals surface area contributed by atoms with Crippen LogP contribution in [0.4, 0.5) is 0 Å². The lowest BCUT2D eigenvalue weighted by Gasteiger charge is -2.40. The molecule has 1 atom stereocenters. The van der Waals surface area contributed by atoms with Gasteiger partial charge in [-0.15, -0.1) is 0 Å². The van der Waals surface area contributed by atoms with Gasteiger partial charge in [0.25, 0.3) is 5.91 Å². The van der Waals surface area contributed by atoms with Crippen molar-refractivity contribution in [2.75, 3.05) is 13.7 Å². The molecule has 5 nitrogen and oxygen atoms in total. The average Bonchev–Trinajstić information content (AvgIpc) is 3.56. The molecule has 2 spiro atoms. The molecule has 160 valence electrons. The zero-order valence-corrected chi connectivity index (χ0v) is 18.1. The number of nitrogens with zero attached hydrogens (tertiary/aromatic N) is 2. The van der Waals surface area contributed by atoms with E-state index >= 15 is 0 Å². The van der Waals surface area contributed by atoms with Crippen molar-refractivity contribution in [3.05, 3.63) is 64.7 Å². The van der Waals surface area contributed by atoms with Gasteiger partial charge in [-0.2, -0.15) is 0 Å². The second-order valence-electron chi connectivity index (χ2n) is 9.84. The summed E-state index contributed by atoms with van der Waals surface area (Å²) in [5.41, 5.74) is 10.1. The zero-order valence-electron chi connectivity index (χ0n) is 18.1. The third-order valence-corrected chi connectivity index (χ3v) is 8.05. The number of fused-ring (bicyclic) bond motifs is 4. The van der Waals surface area contributed by atoms with Crippen molar-refractivity contribution < 1.29 is 9.53 Å². The van der Waals surface area contributed by atoms with E-state index in [4.69, 9.17) is 15.5 Å². The van der Waals surface area contributed by atoms with E-state index in [1.54, 1.807) is 11.9 Å². The van der Waals surface area contributed by atoms with Crippen molar-refractivity contribution in [3.63, 3.8) is 0 Å². The molecule has 2 aromatic carbocycles. The highest BCUT2D eigenvalue weighted by Crippen LogP contribution is 2.61. The van der Waals surface area contributed by atoms with E-state index in [0.717, 1.165) is 50.0 Å². The number of hydrogen-bond donors (Lipinski definition) is 1. The van der Waals surface area contributed by atoms with Gasteiger partial charge in [0, 0.05) is 12.5 Å². The van der Waals surface area contributed by atoms with Crippen LogP contribution in [-0.2, 0) is 29.6 Å². The quantitative estimate of drug-likeness (QED) is 0.833. The standard InChI is InChI=1S/C26H29N3O2/c1-29-23(30)26(28-24(29)27)22-14-21(31-16-17-6-7-17)9-8-20(22)15-25(26)12-10-18-4-2-3-5-19(18)11-13-25/h2-5,8-9,14,17H,6-7,10-13,15-16H2,1H3,(H2,27,28). The van der Waals surface area contributed by atoms with Crippen LogP contribution in [0, 0.1) is 11.3 Å². The molecule has 1 heterocycles. The first-order valence-corrected chi connectivity index (χ1v) is 11.5. The lowest BCUT2D eigenvalue weighted by Crippen LogP contribution is -2.49. The van der Waals surface area contributed by atoms with Crippen molar-refractivity contribution in [2.24, 2.45) is 22.1 Å². The minimum atomic E-state index is -0.942. The van der Waals surface area contributed by atoms with Crippen molar-refractivity contribution in [3.8, 4) is 5.75 Å². The van der Waals surface area contributed by atoms with Gasteiger partial charge in [-0.3, -0.25) is 9.69 Å². The third-order valence-electron chi connectivity index (χ3n) is 8.05. The predicted octanol–water partition coefficient (Wildman–Crippen LogP) is 3.58. The van der Waals surface area contributed by atoms with Crippen molar-refractivity contribution in [1.29, 1.82) is 0 Å². The van der Waals surface area contributed by atoms with Crippen LogP contribution in [0.1, 0.15) is 47.9 Å². The molecule has 0 aromatic heterocycles. The van der Waals surface area contributed by atoms with Crippen LogP contribution in [0.2, 0.25) is 0 Å². The number of ether oxygens (including phenoxy) is 1. The number of aliphatic imine (C=N–C) groups is 1. The summed E-state index contributed by atoms with van der Waals surface area (Å²) in [4.78, 5) is 20.4. The molecule has 1 fully saturated rings. The van der Waals surface area contributed by atoms with E-state index < -0.39 is 5.54 Å². The molecule has 5 heteroatoms. The van der Waals surface area contributed by atoms with E-state index in [1.807, 2.05) is 0 Å². The summed E-state index contributed by atoms with van der Waals surface area (Å²) in [6.45, 7) is 0.755. The lowest BCUT2D eigenvalue weighted by atomic mass is 9.65. The highest BCUT2D eigenvalue weighted by atomic mass is 16.5. The molecule has 1 saturated carbocycles. The van der Waals surface area contributed by atoms with Crippen molar-refractivity contribution >= 4 is 11.9 Å². The fourth-order valence-electron chi connectivity index (χ4n) is 6.03. The Kier molecular flexibility index (Phi) is 4.02. The topological polar surface area (TPSA) is 67.9 Å². The fourth-order valence-corrected chi connectivity index (χ4v) is 6.03. The highest BCUT2D eigenvalue weighted by molar-refractivity contribution is 6.08. The SMILES string of the molecule is CN1C(=O)C2(N=C1N)c1cc(OCC3CC3)ccc1CC21CCc2ccccc2CC1. The van der Waals surface area contributed by atoms with Gasteiger partial charge >= 0.3 is 0 Å². The Morgan fingerprint density at radius 2 is 1.81 bits per heavy atom. The number of carbonyl (C=O) groups is 1. The minimum Gasteiger partial charge on any atom is -0.493 e. The van der Waals surface area contributed by atoms with Gasteiger partial charge in [-0.25, -0.2) is 4.99 Å². The van der Waals surface area contributed by atoms with Gasteiger partial charge in [-0.05, 0) is 85.3 Å². The van der Waals surface area contributed by atoms with Crippen molar-refractivity contribution in [2.45, 2.75) is 50.5 Å². The van der Waals surface area contributed by atoms with Crippen LogP contribution in [0.25, 0.3) is 0 Å². The molecular weight excluding hydrogens is 386 g/mol. The summed E-state index contributed by atoms with van der Waals surface area (Å²) in [7, 11) is 1.75. The largest absolute Gasteiger partial charge is 0.493 e. The maximum atomic E-state index is 13.8. The Balaban J connectivity index is 1.45. The van der Waals surface area contributed by atoms with Gasteiger partial charge in [0.2, 0.25) is 0 Å². The zero-order chi connectivity index (χ0) is 21.2. The van der Waals surface area contributed by atoms with Crippen LogP contribution in [0.3, 0.4) is 0 Å². The number of hydrogen-bond acceptors (Lipinski definition) is 4. The molecule has 0 radical (unpaired) electrons.